The van der Waals surface area contributed by atoms with E-state index in [4.69, 9.17) is 16.3 Å². The molecule has 0 bridgehead atoms. The van der Waals surface area contributed by atoms with Crippen LogP contribution in [0.4, 0.5) is 5.82 Å². The van der Waals surface area contributed by atoms with Gasteiger partial charge in [0.25, 0.3) is 5.91 Å². The molecule has 5 nitrogen and oxygen atoms in total. The third-order valence-electron chi connectivity index (χ3n) is 6.07. The number of carbonyl (C=O) groups excluding carboxylic acids is 1. The molecule has 3 heterocycles. The van der Waals surface area contributed by atoms with Crippen molar-refractivity contribution in [3.8, 4) is 0 Å². The molecule has 1 aromatic rings. The zero-order chi connectivity index (χ0) is 19.1. The van der Waals surface area contributed by atoms with E-state index in [1.54, 1.807) is 12.3 Å². The number of ether oxygens (including phenoxy) is 1. The van der Waals surface area contributed by atoms with Crippen molar-refractivity contribution < 1.29 is 9.53 Å². The van der Waals surface area contributed by atoms with Crippen LogP contribution < -0.4 is 4.90 Å². The SMILES string of the molecule is CC1(C)CN(c2ncc(C(=O)N3CCCCC3)cc2Cl)CC2(CCCC2)O1. The fourth-order valence-electron chi connectivity index (χ4n) is 5.00. The second-order valence-electron chi connectivity index (χ2n) is 8.99. The normalized spacial score (nSPS) is 24.4. The molecule has 0 unspecified atom stereocenters. The Morgan fingerprint density at radius 1 is 1.11 bits per heavy atom. The van der Waals surface area contributed by atoms with Crippen molar-refractivity contribution in [1.82, 2.24) is 9.88 Å². The van der Waals surface area contributed by atoms with Gasteiger partial charge in [0.2, 0.25) is 0 Å². The van der Waals surface area contributed by atoms with E-state index in [1.165, 1.54) is 19.3 Å². The molecule has 0 N–H and O–H groups in total. The average Bonchev–Trinajstić information content (AvgIpc) is 3.07. The molecule has 1 saturated carbocycles. The third kappa shape index (κ3) is 3.95. The number of hydrogen-bond acceptors (Lipinski definition) is 4. The minimum atomic E-state index is -0.240. The van der Waals surface area contributed by atoms with Crippen LogP contribution in [-0.4, -0.2) is 53.2 Å². The molecular formula is C21H30ClN3O2. The highest BCUT2D eigenvalue weighted by molar-refractivity contribution is 6.33. The van der Waals surface area contributed by atoms with Crippen LogP contribution in [0.25, 0.3) is 0 Å². The van der Waals surface area contributed by atoms with E-state index in [2.05, 4.69) is 23.7 Å². The number of pyridine rings is 1. The van der Waals surface area contributed by atoms with Gasteiger partial charge < -0.3 is 14.5 Å². The topological polar surface area (TPSA) is 45.7 Å². The molecule has 148 valence electrons. The second kappa shape index (κ2) is 7.25. The highest BCUT2D eigenvalue weighted by Crippen LogP contribution is 2.42. The molecule has 0 atom stereocenters. The van der Waals surface area contributed by atoms with Crippen LogP contribution in [0.5, 0.6) is 0 Å². The van der Waals surface area contributed by atoms with Gasteiger partial charge in [-0.2, -0.15) is 0 Å². The van der Waals surface area contributed by atoms with Crippen molar-refractivity contribution in [2.45, 2.75) is 70.0 Å². The number of halogens is 1. The lowest BCUT2D eigenvalue weighted by molar-refractivity contribution is -0.148. The maximum Gasteiger partial charge on any atom is 0.255 e. The largest absolute Gasteiger partial charge is 0.365 e. The van der Waals surface area contributed by atoms with E-state index in [0.717, 1.165) is 57.7 Å². The van der Waals surface area contributed by atoms with E-state index in [1.807, 2.05) is 4.90 Å². The Morgan fingerprint density at radius 3 is 2.48 bits per heavy atom. The fourth-order valence-corrected chi connectivity index (χ4v) is 5.29. The number of anilines is 1. The summed E-state index contributed by atoms with van der Waals surface area (Å²) in [6.45, 7) is 7.52. The molecule has 6 heteroatoms. The monoisotopic (exact) mass is 391 g/mol. The first-order valence-corrected chi connectivity index (χ1v) is 10.7. The molecule has 27 heavy (non-hydrogen) atoms. The summed E-state index contributed by atoms with van der Waals surface area (Å²) in [5, 5.41) is 0.559. The van der Waals surface area contributed by atoms with E-state index in [0.29, 0.717) is 10.6 Å². The molecule has 1 amide bonds. The number of hydrogen-bond donors (Lipinski definition) is 0. The first-order valence-electron chi connectivity index (χ1n) is 10.3. The van der Waals surface area contributed by atoms with Crippen LogP contribution in [0, 0.1) is 0 Å². The first-order chi connectivity index (χ1) is 12.9. The standard InChI is InChI=1S/C21H30ClN3O2/c1-20(2)14-25(15-21(27-20)8-4-5-9-21)18-17(22)12-16(13-23-18)19(26)24-10-6-3-7-11-24/h12-13H,3-11,14-15H2,1-2H3. The lowest BCUT2D eigenvalue weighted by Gasteiger charge is -2.49. The molecule has 3 aliphatic rings. The van der Waals surface area contributed by atoms with Gasteiger partial charge in [0.05, 0.1) is 21.8 Å². The van der Waals surface area contributed by atoms with Crippen molar-refractivity contribution in [1.29, 1.82) is 0 Å². The summed E-state index contributed by atoms with van der Waals surface area (Å²) in [6, 6.07) is 1.80. The van der Waals surface area contributed by atoms with Crippen LogP contribution >= 0.6 is 11.6 Å². The third-order valence-corrected chi connectivity index (χ3v) is 6.35. The summed E-state index contributed by atoms with van der Waals surface area (Å²) in [4.78, 5) is 21.5. The van der Waals surface area contributed by atoms with Crippen LogP contribution in [0.3, 0.4) is 0 Å². The molecule has 2 aliphatic heterocycles. The summed E-state index contributed by atoms with van der Waals surface area (Å²) >= 11 is 6.62. The predicted molar refractivity (Wildman–Crippen MR) is 108 cm³/mol. The number of nitrogens with zero attached hydrogens (tertiary/aromatic N) is 3. The van der Waals surface area contributed by atoms with Crippen molar-refractivity contribution in [2.75, 3.05) is 31.1 Å². The van der Waals surface area contributed by atoms with Crippen LogP contribution in [-0.2, 0) is 4.74 Å². The summed E-state index contributed by atoms with van der Waals surface area (Å²) in [5.41, 5.74) is 0.263. The Bertz CT molecular complexity index is 709. The van der Waals surface area contributed by atoms with Crippen molar-refractivity contribution in [2.24, 2.45) is 0 Å². The first kappa shape index (κ1) is 19.0. The van der Waals surface area contributed by atoms with Gasteiger partial charge in [-0.15, -0.1) is 0 Å². The summed E-state index contributed by atoms with van der Waals surface area (Å²) < 4.78 is 6.48. The Hall–Kier alpha value is -1.33. The average molecular weight is 392 g/mol. The van der Waals surface area contributed by atoms with Crippen LogP contribution in [0.15, 0.2) is 12.3 Å². The van der Waals surface area contributed by atoms with Crippen LogP contribution in [0.1, 0.15) is 69.2 Å². The smallest absolute Gasteiger partial charge is 0.255 e. The fraction of sp³-hybridized carbons (Fsp3) is 0.714. The number of carbonyl (C=O) groups is 1. The Kier molecular flexibility index (Phi) is 5.10. The van der Waals surface area contributed by atoms with Gasteiger partial charge in [0, 0.05) is 32.4 Å². The Balaban J connectivity index is 1.55. The molecular weight excluding hydrogens is 362 g/mol. The van der Waals surface area contributed by atoms with E-state index < -0.39 is 0 Å². The minimum absolute atomic E-state index is 0.0465. The quantitative estimate of drug-likeness (QED) is 0.754. The number of piperidine rings is 1. The number of rotatable bonds is 2. The van der Waals surface area contributed by atoms with Gasteiger partial charge >= 0.3 is 0 Å². The summed E-state index contributed by atoms with van der Waals surface area (Å²) in [7, 11) is 0. The zero-order valence-corrected chi connectivity index (χ0v) is 17.2. The summed E-state index contributed by atoms with van der Waals surface area (Å²) in [5.74, 6) is 0.819. The van der Waals surface area contributed by atoms with Crippen molar-refractivity contribution in [3.05, 3.63) is 22.8 Å². The molecule has 1 aromatic heterocycles. The predicted octanol–water partition coefficient (Wildman–Crippen LogP) is 4.29. The maximum absolute atomic E-state index is 12.7. The van der Waals surface area contributed by atoms with Crippen molar-refractivity contribution >= 4 is 23.3 Å². The minimum Gasteiger partial charge on any atom is -0.365 e. The van der Waals surface area contributed by atoms with E-state index in [9.17, 15) is 4.79 Å². The van der Waals surface area contributed by atoms with Gasteiger partial charge in [-0.25, -0.2) is 4.98 Å². The van der Waals surface area contributed by atoms with E-state index in [-0.39, 0.29) is 17.1 Å². The number of amides is 1. The van der Waals surface area contributed by atoms with Gasteiger partial charge in [-0.3, -0.25) is 4.79 Å². The number of likely N-dealkylation sites (tertiary alicyclic amines) is 1. The molecule has 0 aromatic carbocycles. The van der Waals surface area contributed by atoms with Gasteiger partial charge in [0.15, 0.2) is 0 Å². The lowest BCUT2D eigenvalue weighted by Crippen LogP contribution is -2.59. The number of morpholine rings is 1. The highest BCUT2D eigenvalue weighted by Gasteiger charge is 2.46. The summed E-state index contributed by atoms with van der Waals surface area (Å²) in [6.07, 6.45) is 9.68. The molecule has 1 spiro atoms. The zero-order valence-electron chi connectivity index (χ0n) is 16.5. The maximum atomic E-state index is 12.7. The van der Waals surface area contributed by atoms with Crippen LogP contribution in [0.2, 0.25) is 5.02 Å². The highest BCUT2D eigenvalue weighted by atomic mass is 35.5. The molecule has 3 fully saturated rings. The van der Waals surface area contributed by atoms with Gasteiger partial charge in [-0.05, 0) is 52.0 Å². The molecule has 4 rings (SSSR count). The Morgan fingerprint density at radius 2 is 1.81 bits per heavy atom. The molecule has 2 saturated heterocycles. The van der Waals surface area contributed by atoms with Crippen molar-refractivity contribution in [3.63, 3.8) is 0 Å². The van der Waals surface area contributed by atoms with Gasteiger partial charge in [-0.1, -0.05) is 24.4 Å². The molecule has 1 aliphatic carbocycles. The Labute approximate surface area is 167 Å². The molecule has 0 radical (unpaired) electrons. The van der Waals surface area contributed by atoms with Gasteiger partial charge in [0.1, 0.15) is 5.82 Å². The van der Waals surface area contributed by atoms with E-state index >= 15 is 0 Å². The lowest BCUT2D eigenvalue weighted by atomic mass is 9.94. The second-order valence-corrected chi connectivity index (χ2v) is 9.40. The number of aromatic nitrogens is 1.